The Morgan fingerprint density at radius 3 is 2.38 bits per heavy atom. The van der Waals surface area contributed by atoms with E-state index in [1.54, 1.807) is 31.2 Å². The molecule has 0 aliphatic rings. The quantitative estimate of drug-likeness (QED) is 0.410. The standard InChI is InChI=1S/C24H27ClN6O3/c1-13-20(15(3)30(6)27-13)11-31-16(4)22(14(2)28-31)26-24(32)23-21(17(5)34-29-23)12-33-19-9-7-18(25)8-10-19/h7-10H,11-12H2,1-6H3,(H,26,32). The van der Waals surface area contributed by atoms with E-state index in [-0.39, 0.29) is 18.2 Å². The normalized spacial score (nSPS) is 11.1. The molecule has 9 nitrogen and oxygen atoms in total. The van der Waals surface area contributed by atoms with Crippen LogP contribution in [0.25, 0.3) is 0 Å². The minimum absolute atomic E-state index is 0.135. The van der Waals surface area contributed by atoms with E-state index in [9.17, 15) is 4.79 Å². The van der Waals surface area contributed by atoms with Gasteiger partial charge in [0.25, 0.3) is 5.91 Å². The van der Waals surface area contributed by atoms with Crippen molar-refractivity contribution in [2.45, 2.75) is 47.8 Å². The van der Waals surface area contributed by atoms with Crippen LogP contribution >= 0.6 is 11.6 Å². The molecule has 4 aromatic rings. The number of anilines is 1. The van der Waals surface area contributed by atoms with Gasteiger partial charge in [-0.1, -0.05) is 16.8 Å². The molecule has 3 heterocycles. The van der Waals surface area contributed by atoms with Gasteiger partial charge in [-0.3, -0.25) is 14.2 Å². The molecule has 0 bridgehead atoms. The average molecular weight is 483 g/mol. The van der Waals surface area contributed by atoms with Crippen molar-refractivity contribution < 1.29 is 14.1 Å². The summed E-state index contributed by atoms with van der Waals surface area (Å²) in [7, 11) is 1.92. The molecule has 10 heteroatoms. The molecule has 0 saturated carbocycles. The molecule has 178 valence electrons. The van der Waals surface area contributed by atoms with Crippen molar-refractivity contribution in [3.8, 4) is 5.75 Å². The molecule has 0 saturated heterocycles. The third-order valence-electron chi connectivity index (χ3n) is 5.98. The number of halogens is 1. The number of hydrogen-bond donors (Lipinski definition) is 1. The highest BCUT2D eigenvalue weighted by Gasteiger charge is 2.23. The smallest absolute Gasteiger partial charge is 0.278 e. The highest BCUT2D eigenvalue weighted by molar-refractivity contribution is 6.30. The number of rotatable bonds is 7. The van der Waals surface area contributed by atoms with Crippen LogP contribution in [0.1, 0.15) is 50.2 Å². The van der Waals surface area contributed by atoms with Crippen LogP contribution in [0, 0.1) is 34.6 Å². The molecule has 0 atom stereocenters. The van der Waals surface area contributed by atoms with Gasteiger partial charge in [-0.05, 0) is 58.9 Å². The number of aromatic nitrogens is 5. The number of nitrogens with one attached hydrogen (secondary N) is 1. The van der Waals surface area contributed by atoms with Crippen LogP contribution in [0.15, 0.2) is 28.8 Å². The fourth-order valence-electron chi connectivity index (χ4n) is 3.83. The zero-order chi connectivity index (χ0) is 24.6. The highest BCUT2D eigenvalue weighted by atomic mass is 35.5. The Labute approximate surface area is 202 Å². The Morgan fingerprint density at radius 2 is 1.74 bits per heavy atom. The molecule has 0 aliphatic carbocycles. The van der Waals surface area contributed by atoms with Gasteiger partial charge in [0.2, 0.25) is 0 Å². The Hall–Kier alpha value is -3.59. The molecule has 1 aromatic carbocycles. The van der Waals surface area contributed by atoms with E-state index >= 15 is 0 Å². The summed E-state index contributed by atoms with van der Waals surface area (Å²) >= 11 is 5.92. The van der Waals surface area contributed by atoms with Crippen LogP contribution in [-0.2, 0) is 20.2 Å². The molecule has 3 aromatic heterocycles. The Kier molecular flexibility index (Phi) is 6.47. The number of ether oxygens (including phenoxy) is 1. The van der Waals surface area contributed by atoms with Crippen molar-refractivity contribution in [1.29, 1.82) is 0 Å². The topological polar surface area (TPSA) is 100 Å². The van der Waals surface area contributed by atoms with E-state index in [0.29, 0.717) is 40.0 Å². The van der Waals surface area contributed by atoms with E-state index in [0.717, 1.165) is 22.6 Å². The monoisotopic (exact) mass is 482 g/mol. The van der Waals surface area contributed by atoms with Gasteiger partial charge < -0.3 is 14.6 Å². The van der Waals surface area contributed by atoms with Crippen LogP contribution < -0.4 is 10.1 Å². The molecule has 0 fully saturated rings. The fraction of sp³-hybridized carbons (Fsp3) is 0.333. The maximum atomic E-state index is 13.1. The van der Waals surface area contributed by atoms with Gasteiger partial charge in [0, 0.05) is 23.3 Å². The zero-order valence-electron chi connectivity index (χ0n) is 20.1. The van der Waals surface area contributed by atoms with Gasteiger partial charge in [0.1, 0.15) is 18.1 Å². The largest absolute Gasteiger partial charge is 0.489 e. The molecule has 0 radical (unpaired) electrons. The minimum Gasteiger partial charge on any atom is -0.489 e. The number of benzene rings is 1. The Balaban J connectivity index is 1.53. The first-order chi connectivity index (χ1) is 16.2. The lowest BCUT2D eigenvalue weighted by atomic mass is 10.2. The molecule has 0 spiro atoms. The molecule has 4 rings (SSSR count). The van der Waals surface area contributed by atoms with Crippen LogP contribution in [0.5, 0.6) is 5.75 Å². The summed E-state index contributed by atoms with van der Waals surface area (Å²) in [6.07, 6.45) is 0. The minimum atomic E-state index is -0.383. The Bertz CT molecular complexity index is 1350. The van der Waals surface area contributed by atoms with Gasteiger partial charge in [-0.25, -0.2) is 0 Å². The maximum Gasteiger partial charge on any atom is 0.278 e. The molecular formula is C24H27ClN6O3. The summed E-state index contributed by atoms with van der Waals surface area (Å²) in [6.45, 7) is 10.3. The summed E-state index contributed by atoms with van der Waals surface area (Å²) in [4.78, 5) is 13.1. The van der Waals surface area contributed by atoms with Gasteiger partial charge in [0.05, 0.1) is 34.9 Å². The maximum absolute atomic E-state index is 13.1. The lowest BCUT2D eigenvalue weighted by Gasteiger charge is -2.09. The fourth-order valence-corrected chi connectivity index (χ4v) is 3.95. The summed E-state index contributed by atoms with van der Waals surface area (Å²) in [5.74, 6) is 0.766. The average Bonchev–Trinajstić information content (AvgIpc) is 3.38. The first-order valence-electron chi connectivity index (χ1n) is 10.8. The molecule has 0 unspecified atom stereocenters. The van der Waals surface area contributed by atoms with E-state index in [1.807, 2.05) is 44.1 Å². The van der Waals surface area contributed by atoms with Crippen molar-refractivity contribution in [2.75, 3.05) is 5.32 Å². The summed E-state index contributed by atoms with van der Waals surface area (Å²) < 4.78 is 14.8. The Morgan fingerprint density at radius 1 is 1.03 bits per heavy atom. The van der Waals surface area contributed by atoms with E-state index < -0.39 is 0 Å². The van der Waals surface area contributed by atoms with Gasteiger partial charge in [-0.2, -0.15) is 10.2 Å². The number of amides is 1. The third-order valence-corrected chi connectivity index (χ3v) is 6.24. The molecule has 1 amide bonds. The van der Waals surface area contributed by atoms with Crippen molar-refractivity contribution in [3.63, 3.8) is 0 Å². The second kappa shape index (κ2) is 9.34. The number of hydrogen-bond acceptors (Lipinski definition) is 6. The van der Waals surface area contributed by atoms with Gasteiger partial charge >= 0.3 is 0 Å². The van der Waals surface area contributed by atoms with Crippen LogP contribution in [0.4, 0.5) is 5.69 Å². The van der Waals surface area contributed by atoms with Crippen molar-refractivity contribution in [3.05, 3.63) is 74.6 Å². The summed E-state index contributed by atoms with van der Waals surface area (Å²) in [5, 5.41) is 16.7. The second-order valence-corrected chi connectivity index (χ2v) is 8.68. The van der Waals surface area contributed by atoms with Crippen LogP contribution in [-0.4, -0.2) is 30.6 Å². The summed E-state index contributed by atoms with van der Waals surface area (Å²) in [6, 6.07) is 7.00. The van der Waals surface area contributed by atoms with Crippen LogP contribution in [0.3, 0.4) is 0 Å². The second-order valence-electron chi connectivity index (χ2n) is 8.24. The highest BCUT2D eigenvalue weighted by Crippen LogP contribution is 2.25. The van der Waals surface area contributed by atoms with E-state index in [4.69, 9.17) is 20.9 Å². The van der Waals surface area contributed by atoms with Crippen molar-refractivity contribution in [2.24, 2.45) is 7.05 Å². The molecule has 34 heavy (non-hydrogen) atoms. The molecular weight excluding hydrogens is 456 g/mol. The van der Waals surface area contributed by atoms with Crippen molar-refractivity contribution >= 4 is 23.2 Å². The van der Waals surface area contributed by atoms with E-state index in [2.05, 4.69) is 20.7 Å². The first kappa shape index (κ1) is 23.6. The number of carbonyl (C=O) groups is 1. The SMILES string of the molecule is Cc1nn(C)c(C)c1Cn1nc(C)c(NC(=O)c2noc(C)c2COc2ccc(Cl)cc2)c1C. The predicted molar refractivity (Wildman–Crippen MR) is 128 cm³/mol. The number of carbonyl (C=O) groups excluding carboxylic acids is 1. The lowest BCUT2D eigenvalue weighted by molar-refractivity contribution is 0.101. The first-order valence-corrected chi connectivity index (χ1v) is 11.2. The predicted octanol–water partition coefficient (Wildman–Crippen LogP) is 4.68. The van der Waals surface area contributed by atoms with E-state index in [1.165, 1.54) is 0 Å². The van der Waals surface area contributed by atoms with Crippen molar-refractivity contribution in [1.82, 2.24) is 24.7 Å². The van der Waals surface area contributed by atoms with Gasteiger partial charge in [-0.15, -0.1) is 0 Å². The number of aryl methyl sites for hydroxylation is 4. The van der Waals surface area contributed by atoms with Crippen LogP contribution in [0.2, 0.25) is 5.02 Å². The lowest BCUT2D eigenvalue weighted by Crippen LogP contribution is -2.16. The summed E-state index contributed by atoms with van der Waals surface area (Å²) in [5.41, 5.74) is 6.11. The molecule has 1 N–H and O–H groups in total. The molecule has 0 aliphatic heterocycles. The third kappa shape index (κ3) is 4.56. The number of nitrogens with zero attached hydrogens (tertiary/aromatic N) is 5. The zero-order valence-corrected chi connectivity index (χ0v) is 20.8. The van der Waals surface area contributed by atoms with Gasteiger partial charge in [0.15, 0.2) is 5.69 Å².